The van der Waals surface area contributed by atoms with Gasteiger partial charge in [-0.2, -0.15) is 5.10 Å². The summed E-state index contributed by atoms with van der Waals surface area (Å²) in [5.41, 5.74) is 4.98. The summed E-state index contributed by atoms with van der Waals surface area (Å²) in [6, 6.07) is 19.7. The molecule has 28 heavy (non-hydrogen) atoms. The highest BCUT2D eigenvalue weighted by atomic mass is 32.2. The Morgan fingerprint density at radius 2 is 1.79 bits per heavy atom. The van der Waals surface area contributed by atoms with Gasteiger partial charge < -0.3 is 0 Å². The third kappa shape index (κ3) is 5.41. The van der Waals surface area contributed by atoms with Crippen LogP contribution >= 0.6 is 0 Å². The lowest BCUT2D eigenvalue weighted by Gasteiger charge is -2.14. The Hall–Kier alpha value is -2.70. The van der Waals surface area contributed by atoms with Crippen LogP contribution in [0.2, 0.25) is 0 Å². The van der Waals surface area contributed by atoms with Gasteiger partial charge in [0.2, 0.25) is 10.0 Å². The zero-order chi connectivity index (χ0) is 20.0. The number of hydrogen-bond donors (Lipinski definition) is 1. The second-order valence-corrected chi connectivity index (χ2v) is 8.75. The molecule has 0 aliphatic rings. The molecular weight excluding hydrogens is 370 g/mol. The molecule has 3 rings (SSSR count). The van der Waals surface area contributed by atoms with E-state index in [4.69, 9.17) is 0 Å². The molecule has 0 fully saturated rings. The highest BCUT2D eigenvalue weighted by Crippen LogP contribution is 2.17. The average Bonchev–Trinajstić information content (AvgIpc) is 3.17. The van der Waals surface area contributed by atoms with Crippen molar-refractivity contribution in [1.29, 1.82) is 0 Å². The van der Waals surface area contributed by atoms with Crippen LogP contribution in [0.15, 0.2) is 66.1 Å². The molecule has 2 aromatic carbocycles. The van der Waals surface area contributed by atoms with Crippen LogP contribution in [-0.2, 0) is 16.4 Å². The van der Waals surface area contributed by atoms with Crippen molar-refractivity contribution in [1.82, 2.24) is 14.5 Å². The fraction of sp³-hybridized carbons (Fsp3) is 0.227. The number of aromatic amines is 1. The van der Waals surface area contributed by atoms with E-state index in [2.05, 4.69) is 10.2 Å². The summed E-state index contributed by atoms with van der Waals surface area (Å²) in [5, 5.41) is 8.64. The Morgan fingerprint density at radius 3 is 2.50 bits per heavy atom. The first-order valence-electron chi connectivity index (χ1n) is 9.25. The van der Waals surface area contributed by atoms with E-state index in [0.717, 1.165) is 34.5 Å². The van der Waals surface area contributed by atoms with E-state index < -0.39 is 10.0 Å². The van der Waals surface area contributed by atoms with Crippen LogP contribution in [0.1, 0.15) is 23.2 Å². The van der Waals surface area contributed by atoms with E-state index in [1.165, 1.54) is 9.71 Å². The number of H-pyrrole nitrogens is 1. The summed E-state index contributed by atoms with van der Waals surface area (Å²) in [4.78, 5) is 0. The van der Waals surface area contributed by atoms with Gasteiger partial charge in [0.25, 0.3) is 0 Å². The van der Waals surface area contributed by atoms with Gasteiger partial charge in [0.05, 0.1) is 5.69 Å². The highest BCUT2D eigenvalue weighted by molar-refractivity contribution is 7.92. The van der Waals surface area contributed by atoms with Gasteiger partial charge in [0, 0.05) is 30.3 Å². The normalized spacial score (nSPS) is 12.1. The Morgan fingerprint density at radius 1 is 1.07 bits per heavy atom. The maximum Gasteiger partial charge on any atom is 0.235 e. The first kappa shape index (κ1) is 20.0. The molecule has 0 aliphatic carbocycles. The maximum atomic E-state index is 12.4. The molecule has 0 bridgehead atoms. The largest absolute Gasteiger partial charge is 0.282 e. The Kier molecular flexibility index (Phi) is 6.44. The Balaban J connectivity index is 1.52. The molecule has 0 amide bonds. The van der Waals surface area contributed by atoms with E-state index in [1.807, 2.05) is 67.6 Å². The summed E-state index contributed by atoms with van der Waals surface area (Å²) in [6.45, 7) is 2.45. The summed E-state index contributed by atoms with van der Waals surface area (Å²) < 4.78 is 26.2. The lowest BCUT2D eigenvalue weighted by atomic mass is 10.1. The van der Waals surface area contributed by atoms with Gasteiger partial charge in [-0.15, -0.1) is 0 Å². The van der Waals surface area contributed by atoms with Gasteiger partial charge in [0.1, 0.15) is 0 Å². The molecule has 0 radical (unpaired) electrons. The number of nitrogens with zero attached hydrogens (tertiary/aromatic N) is 2. The number of aryl methyl sites for hydroxylation is 2. The predicted molar refractivity (Wildman–Crippen MR) is 114 cm³/mol. The first-order valence-corrected chi connectivity index (χ1v) is 10.8. The molecule has 5 nitrogen and oxygen atoms in total. The molecule has 0 aliphatic heterocycles. The molecule has 0 saturated carbocycles. The topological polar surface area (TPSA) is 66.1 Å². The van der Waals surface area contributed by atoms with Crippen molar-refractivity contribution in [3.63, 3.8) is 0 Å². The molecule has 0 saturated heterocycles. The van der Waals surface area contributed by atoms with E-state index in [9.17, 15) is 8.42 Å². The minimum atomic E-state index is -3.43. The van der Waals surface area contributed by atoms with Crippen molar-refractivity contribution in [2.45, 2.75) is 19.8 Å². The van der Waals surface area contributed by atoms with Crippen molar-refractivity contribution >= 4 is 16.1 Å². The fourth-order valence-electron chi connectivity index (χ4n) is 2.81. The van der Waals surface area contributed by atoms with Crippen molar-refractivity contribution in [3.8, 4) is 11.3 Å². The van der Waals surface area contributed by atoms with Crippen LogP contribution < -0.4 is 0 Å². The SMILES string of the molecule is Cc1ccc(C=CS(=O)(=O)N(C)CCCc2cc(-c3ccccc3)n[nH]2)cc1. The van der Waals surface area contributed by atoms with Crippen LogP contribution in [0.4, 0.5) is 0 Å². The number of rotatable bonds is 8. The molecule has 1 heterocycles. The van der Waals surface area contributed by atoms with Gasteiger partial charge in [-0.05, 0) is 37.5 Å². The molecule has 1 N–H and O–H groups in total. The predicted octanol–water partition coefficient (Wildman–Crippen LogP) is 4.25. The van der Waals surface area contributed by atoms with Gasteiger partial charge >= 0.3 is 0 Å². The summed E-state index contributed by atoms with van der Waals surface area (Å²) in [7, 11) is -1.83. The molecule has 6 heteroatoms. The minimum Gasteiger partial charge on any atom is -0.282 e. The molecular formula is C22H25N3O2S. The van der Waals surface area contributed by atoms with Gasteiger partial charge in [-0.3, -0.25) is 5.10 Å². The zero-order valence-corrected chi connectivity index (χ0v) is 17.0. The van der Waals surface area contributed by atoms with Crippen molar-refractivity contribution in [2.75, 3.05) is 13.6 Å². The van der Waals surface area contributed by atoms with E-state index in [-0.39, 0.29) is 0 Å². The molecule has 0 atom stereocenters. The van der Waals surface area contributed by atoms with Gasteiger partial charge in [-0.25, -0.2) is 12.7 Å². The van der Waals surface area contributed by atoms with Crippen LogP contribution in [-0.4, -0.2) is 36.5 Å². The Labute approximate surface area is 166 Å². The first-order chi connectivity index (χ1) is 13.4. The number of aromatic nitrogens is 2. The van der Waals surface area contributed by atoms with E-state index >= 15 is 0 Å². The van der Waals surface area contributed by atoms with Crippen molar-refractivity contribution in [3.05, 3.63) is 82.9 Å². The highest BCUT2D eigenvalue weighted by Gasteiger charge is 2.14. The third-order valence-electron chi connectivity index (χ3n) is 4.56. The molecule has 146 valence electrons. The van der Waals surface area contributed by atoms with Gasteiger partial charge in [-0.1, -0.05) is 60.2 Å². The average molecular weight is 396 g/mol. The summed E-state index contributed by atoms with van der Waals surface area (Å²) in [5.74, 6) is 0. The smallest absolute Gasteiger partial charge is 0.235 e. The van der Waals surface area contributed by atoms with E-state index in [1.54, 1.807) is 13.1 Å². The monoisotopic (exact) mass is 395 g/mol. The van der Waals surface area contributed by atoms with Crippen LogP contribution in [0, 0.1) is 6.92 Å². The third-order valence-corrected chi connectivity index (χ3v) is 6.10. The van der Waals surface area contributed by atoms with Crippen LogP contribution in [0.3, 0.4) is 0 Å². The minimum absolute atomic E-state index is 0.445. The van der Waals surface area contributed by atoms with Gasteiger partial charge in [0.15, 0.2) is 0 Å². The summed E-state index contributed by atoms with van der Waals surface area (Å²) in [6.07, 6.45) is 3.08. The van der Waals surface area contributed by atoms with Crippen LogP contribution in [0.5, 0.6) is 0 Å². The molecule has 0 unspecified atom stereocenters. The number of nitrogens with one attached hydrogen (secondary N) is 1. The quantitative estimate of drug-likeness (QED) is 0.620. The zero-order valence-electron chi connectivity index (χ0n) is 16.2. The maximum absolute atomic E-state index is 12.4. The lowest BCUT2D eigenvalue weighted by Crippen LogP contribution is -2.26. The van der Waals surface area contributed by atoms with E-state index in [0.29, 0.717) is 13.0 Å². The summed E-state index contributed by atoms with van der Waals surface area (Å²) >= 11 is 0. The fourth-order valence-corrected chi connectivity index (χ4v) is 3.73. The second-order valence-electron chi connectivity index (χ2n) is 6.83. The van der Waals surface area contributed by atoms with Crippen molar-refractivity contribution in [2.24, 2.45) is 0 Å². The number of hydrogen-bond acceptors (Lipinski definition) is 3. The molecule has 3 aromatic rings. The van der Waals surface area contributed by atoms with Crippen LogP contribution in [0.25, 0.3) is 17.3 Å². The standard InChI is InChI=1S/C22H25N3O2S/c1-18-10-12-19(13-11-18)14-16-28(26,27)25(2)15-6-9-21-17-22(24-23-21)20-7-4-3-5-8-20/h3-5,7-8,10-14,16-17H,6,9,15H2,1-2H3,(H,23,24). The Bertz CT molecular complexity index is 1020. The molecule has 0 spiro atoms. The molecule has 1 aromatic heterocycles. The number of sulfonamides is 1. The lowest BCUT2D eigenvalue weighted by molar-refractivity contribution is 0.468. The second kappa shape index (κ2) is 8.99. The number of benzene rings is 2. The van der Waals surface area contributed by atoms with Crippen molar-refractivity contribution < 1.29 is 8.42 Å².